The van der Waals surface area contributed by atoms with E-state index in [4.69, 9.17) is 10.5 Å². The zero-order valence-electron chi connectivity index (χ0n) is 11.2. The van der Waals surface area contributed by atoms with Crippen molar-refractivity contribution < 1.29 is 13.9 Å². The van der Waals surface area contributed by atoms with Crippen LogP contribution in [0.1, 0.15) is 32.4 Å². The van der Waals surface area contributed by atoms with Crippen LogP contribution in [-0.4, -0.2) is 18.2 Å². The van der Waals surface area contributed by atoms with Crippen molar-refractivity contribution in [2.24, 2.45) is 5.73 Å². The number of hydrogen-bond acceptors (Lipinski definition) is 3. The zero-order valence-corrected chi connectivity index (χ0v) is 12.8. The van der Waals surface area contributed by atoms with Gasteiger partial charge in [-0.3, -0.25) is 0 Å². The first-order valence-corrected chi connectivity index (χ1v) is 6.66. The molecule has 3 N–H and O–H groups in total. The highest BCUT2D eigenvalue weighted by Gasteiger charge is 2.18. The minimum absolute atomic E-state index is 0.164. The van der Waals surface area contributed by atoms with Crippen molar-refractivity contribution in [1.82, 2.24) is 5.32 Å². The fourth-order valence-electron chi connectivity index (χ4n) is 1.42. The summed E-state index contributed by atoms with van der Waals surface area (Å²) in [7, 11) is 0. The van der Waals surface area contributed by atoms with Crippen molar-refractivity contribution in [2.45, 2.75) is 32.4 Å². The Morgan fingerprint density at radius 2 is 2.16 bits per heavy atom. The average molecular weight is 333 g/mol. The van der Waals surface area contributed by atoms with Crippen LogP contribution in [0.5, 0.6) is 0 Å². The van der Waals surface area contributed by atoms with E-state index in [-0.39, 0.29) is 12.4 Å². The molecule has 19 heavy (non-hydrogen) atoms. The molecular weight excluding hydrogens is 315 g/mol. The summed E-state index contributed by atoms with van der Waals surface area (Å²) >= 11 is 3.14. The molecule has 0 heterocycles. The molecule has 0 fully saturated rings. The SMILES string of the molecule is CC(C)(C)OC(=O)NCC(N)c1cccc(F)c1Br. The summed E-state index contributed by atoms with van der Waals surface area (Å²) < 4.78 is 18.7. The molecule has 0 bridgehead atoms. The van der Waals surface area contributed by atoms with Crippen LogP contribution in [0.4, 0.5) is 9.18 Å². The molecule has 1 aromatic carbocycles. The van der Waals surface area contributed by atoms with Crippen molar-refractivity contribution in [1.29, 1.82) is 0 Å². The van der Waals surface area contributed by atoms with E-state index in [1.165, 1.54) is 6.07 Å². The van der Waals surface area contributed by atoms with Crippen LogP contribution >= 0.6 is 15.9 Å². The Morgan fingerprint density at radius 3 is 2.74 bits per heavy atom. The van der Waals surface area contributed by atoms with Gasteiger partial charge in [0.25, 0.3) is 0 Å². The third-order valence-electron chi connectivity index (χ3n) is 2.25. The number of benzene rings is 1. The molecular formula is C13H18BrFN2O2. The van der Waals surface area contributed by atoms with Crippen LogP contribution in [0.3, 0.4) is 0 Å². The highest BCUT2D eigenvalue weighted by molar-refractivity contribution is 9.10. The molecule has 1 aromatic rings. The lowest BCUT2D eigenvalue weighted by molar-refractivity contribution is 0.0524. The summed E-state index contributed by atoms with van der Waals surface area (Å²) in [5.41, 5.74) is 5.94. The summed E-state index contributed by atoms with van der Waals surface area (Å²) in [6.45, 7) is 5.48. The quantitative estimate of drug-likeness (QED) is 0.893. The zero-order chi connectivity index (χ0) is 14.6. The normalized spacial score (nSPS) is 12.9. The smallest absolute Gasteiger partial charge is 0.407 e. The molecule has 1 unspecified atom stereocenters. The predicted molar refractivity (Wildman–Crippen MR) is 75.3 cm³/mol. The third kappa shape index (κ3) is 5.16. The predicted octanol–water partition coefficient (Wildman–Crippen LogP) is 3.11. The van der Waals surface area contributed by atoms with E-state index in [0.717, 1.165) is 0 Å². The minimum Gasteiger partial charge on any atom is -0.444 e. The number of alkyl carbamates (subject to hydrolysis) is 1. The Labute approximate surface area is 120 Å². The molecule has 1 amide bonds. The van der Waals surface area contributed by atoms with Gasteiger partial charge in [-0.05, 0) is 48.3 Å². The summed E-state index contributed by atoms with van der Waals surface area (Å²) in [6, 6.07) is 4.09. The molecule has 0 saturated heterocycles. The lowest BCUT2D eigenvalue weighted by Crippen LogP contribution is -2.36. The van der Waals surface area contributed by atoms with Gasteiger partial charge in [-0.2, -0.15) is 0 Å². The number of nitrogens with one attached hydrogen (secondary N) is 1. The molecule has 4 nitrogen and oxygen atoms in total. The maximum atomic E-state index is 13.3. The summed E-state index contributed by atoms with van der Waals surface area (Å²) in [5, 5.41) is 2.55. The van der Waals surface area contributed by atoms with Crippen molar-refractivity contribution in [3.8, 4) is 0 Å². The molecule has 0 aromatic heterocycles. The van der Waals surface area contributed by atoms with Crippen LogP contribution in [0.15, 0.2) is 22.7 Å². The number of ether oxygens (including phenoxy) is 1. The Morgan fingerprint density at radius 1 is 1.53 bits per heavy atom. The minimum atomic E-state index is -0.562. The largest absolute Gasteiger partial charge is 0.444 e. The van der Waals surface area contributed by atoms with E-state index in [9.17, 15) is 9.18 Å². The monoisotopic (exact) mass is 332 g/mol. The molecule has 0 radical (unpaired) electrons. The highest BCUT2D eigenvalue weighted by atomic mass is 79.9. The number of hydrogen-bond donors (Lipinski definition) is 2. The average Bonchev–Trinajstić information content (AvgIpc) is 2.27. The van der Waals surface area contributed by atoms with E-state index in [1.807, 2.05) is 0 Å². The Bertz CT molecular complexity index is 460. The van der Waals surface area contributed by atoms with E-state index in [2.05, 4.69) is 21.2 Å². The standard InChI is InChI=1S/C13H18BrFN2O2/c1-13(2,3)19-12(18)17-7-10(16)8-5-4-6-9(15)11(8)14/h4-6,10H,7,16H2,1-3H3,(H,17,18). The van der Waals surface area contributed by atoms with E-state index < -0.39 is 17.7 Å². The second kappa shape index (κ2) is 6.34. The molecule has 0 aliphatic carbocycles. The van der Waals surface area contributed by atoms with Gasteiger partial charge in [0.1, 0.15) is 11.4 Å². The first kappa shape index (κ1) is 15.9. The lowest BCUT2D eigenvalue weighted by Gasteiger charge is -2.21. The van der Waals surface area contributed by atoms with Gasteiger partial charge in [0, 0.05) is 12.6 Å². The molecule has 0 saturated carbocycles. The first-order chi connectivity index (χ1) is 8.70. The number of rotatable bonds is 3. The van der Waals surface area contributed by atoms with Crippen LogP contribution < -0.4 is 11.1 Å². The molecule has 106 valence electrons. The summed E-state index contributed by atoms with van der Waals surface area (Å²) in [5.74, 6) is -0.384. The van der Waals surface area contributed by atoms with Crippen LogP contribution in [0.2, 0.25) is 0 Å². The van der Waals surface area contributed by atoms with Gasteiger partial charge in [0.2, 0.25) is 0 Å². The van der Waals surface area contributed by atoms with Crippen LogP contribution in [-0.2, 0) is 4.74 Å². The fraction of sp³-hybridized carbons (Fsp3) is 0.462. The molecule has 0 spiro atoms. The fourth-order valence-corrected chi connectivity index (χ4v) is 1.98. The highest BCUT2D eigenvalue weighted by Crippen LogP contribution is 2.24. The third-order valence-corrected chi connectivity index (χ3v) is 3.08. The molecule has 6 heteroatoms. The Balaban J connectivity index is 2.59. The van der Waals surface area contributed by atoms with Crippen LogP contribution in [0.25, 0.3) is 0 Å². The van der Waals surface area contributed by atoms with Gasteiger partial charge in [-0.25, -0.2) is 9.18 Å². The second-order valence-electron chi connectivity index (χ2n) is 5.13. The first-order valence-electron chi connectivity index (χ1n) is 5.87. The summed E-state index contributed by atoms with van der Waals surface area (Å²) in [6.07, 6.45) is -0.546. The van der Waals surface area contributed by atoms with Crippen molar-refractivity contribution >= 4 is 22.0 Å². The topological polar surface area (TPSA) is 64.3 Å². The molecule has 1 rings (SSSR count). The number of carbonyl (C=O) groups is 1. The Hall–Kier alpha value is -1.14. The number of amides is 1. The maximum absolute atomic E-state index is 13.3. The Kier molecular flexibility index (Phi) is 5.31. The summed E-state index contributed by atoms with van der Waals surface area (Å²) in [4.78, 5) is 11.5. The van der Waals surface area contributed by atoms with Crippen molar-refractivity contribution in [2.75, 3.05) is 6.54 Å². The number of carbonyl (C=O) groups excluding carboxylic acids is 1. The van der Waals surface area contributed by atoms with Gasteiger partial charge in [-0.1, -0.05) is 12.1 Å². The van der Waals surface area contributed by atoms with E-state index >= 15 is 0 Å². The number of nitrogens with two attached hydrogens (primary N) is 1. The van der Waals surface area contributed by atoms with Gasteiger partial charge >= 0.3 is 6.09 Å². The van der Waals surface area contributed by atoms with Gasteiger partial charge in [0.05, 0.1) is 4.47 Å². The lowest BCUT2D eigenvalue weighted by atomic mass is 10.1. The maximum Gasteiger partial charge on any atom is 0.407 e. The van der Waals surface area contributed by atoms with Gasteiger partial charge in [-0.15, -0.1) is 0 Å². The molecule has 1 atom stereocenters. The van der Waals surface area contributed by atoms with Gasteiger partial charge < -0.3 is 15.8 Å². The molecule has 0 aliphatic rings. The van der Waals surface area contributed by atoms with Crippen molar-refractivity contribution in [3.63, 3.8) is 0 Å². The molecule has 0 aliphatic heterocycles. The van der Waals surface area contributed by atoms with Crippen LogP contribution in [0, 0.1) is 5.82 Å². The van der Waals surface area contributed by atoms with E-state index in [0.29, 0.717) is 10.0 Å². The van der Waals surface area contributed by atoms with Gasteiger partial charge in [0.15, 0.2) is 0 Å². The van der Waals surface area contributed by atoms with Crippen molar-refractivity contribution in [3.05, 3.63) is 34.1 Å². The van der Waals surface area contributed by atoms with E-state index in [1.54, 1.807) is 32.9 Å². The number of halogens is 2. The second-order valence-corrected chi connectivity index (χ2v) is 5.93.